The summed E-state index contributed by atoms with van der Waals surface area (Å²) in [5.74, 6) is -0.102. The average molecular weight is 215 g/mol. The molecule has 0 rings (SSSR count). The molecule has 0 N–H and O–H groups in total. The summed E-state index contributed by atoms with van der Waals surface area (Å²) in [5.41, 5.74) is 0. The quantitative estimate of drug-likeness (QED) is 0.304. The summed E-state index contributed by atoms with van der Waals surface area (Å²) in [6, 6.07) is 0. The van der Waals surface area contributed by atoms with E-state index in [1.165, 1.54) is 7.11 Å². The first-order valence-corrected chi connectivity index (χ1v) is 4.56. The third kappa shape index (κ3) is 6.08. The average Bonchev–Trinajstić information content (AvgIpc) is 1.98. The molecule has 60 valence electrons. The van der Waals surface area contributed by atoms with Crippen LogP contribution in [0, 0.1) is 0 Å². The Morgan fingerprint density at radius 2 is 2.10 bits per heavy atom. The minimum absolute atomic E-state index is 0.102. The summed E-state index contributed by atoms with van der Waals surface area (Å²) in [6.45, 7) is 0. The molecule has 0 aliphatic heterocycles. The van der Waals surface area contributed by atoms with Gasteiger partial charge in [-0.15, -0.1) is 0 Å². The number of hydrogen-bond donors (Lipinski definition) is 0. The number of halogens is 1. The van der Waals surface area contributed by atoms with Crippen molar-refractivity contribution in [1.82, 2.24) is 0 Å². The first kappa shape index (κ1) is 9.95. The molecular formula is C7H13BrO2. The Kier molecular flexibility index (Phi) is 7.03. The first-order valence-electron chi connectivity index (χ1n) is 3.44. The Morgan fingerprint density at radius 3 is 2.60 bits per heavy atom. The Balaban J connectivity index is 2.96. The highest BCUT2D eigenvalue weighted by Gasteiger charge is 1.97. The van der Waals surface area contributed by atoms with Crippen LogP contribution in [0.2, 0.25) is 0 Å². The van der Waals surface area contributed by atoms with Gasteiger partial charge in [-0.25, -0.2) is 0 Å². The maximum absolute atomic E-state index is 10.5. The van der Waals surface area contributed by atoms with E-state index in [4.69, 9.17) is 0 Å². The maximum Gasteiger partial charge on any atom is 0.305 e. The van der Waals surface area contributed by atoms with Crippen LogP contribution in [0.3, 0.4) is 0 Å². The lowest BCUT2D eigenvalue weighted by Crippen LogP contribution is -1.99. The van der Waals surface area contributed by atoms with E-state index in [9.17, 15) is 4.79 Å². The predicted molar refractivity (Wildman–Crippen MR) is 44.3 cm³/mol. The van der Waals surface area contributed by atoms with Crippen LogP contribution >= 0.6 is 15.9 Å². The normalized spacial score (nSPS) is 9.40. The molecule has 0 saturated heterocycles. The molecule has 0 aliphatic carbocycles. The number of hydrogen-bond acceptors (Lipinski definition) is 2. The van der Waals surface area contributed by atoms with E-state index in [-0.39, 0.29) is 5.97 Å². The van der Waals surface area contributed by atoms with Gasteiger partial charge >= 0.3 is 5.97 Å². The second kappa shape index (κ2) is 7.06. The molecule has 0 aliphatic rings. The summed E-state index contributed by atoms with van der Waals surface area (Å²) in [5, 5.41) is 1.02. The van der Waals surface area contributed by atoms with Crippen LogP contribution in [0.4, 0.5) is 0 Å². The molecule has 0 atom stereocenters. The molecule has 0 saturated carbocycles. The fraction of sp³-hybridized carbons (Fsp3) is 0.857. The summed E-state index contributed by atoms with van der Waals surface area (Å²) in [6.07, 6.45) is 3.74. The van der Waals surface area contributed by atoms with Crippen molar-refractivity contribution in [2.45, 2.75) is 25.7 Å². The minimum atomic E-state index is -0.102. The van der Waals surface area contributed by atoms with Crippen molar-refractivity contribution in [3.63, 3.8) is 0 Å². The molecule has 0 heterocycles. The zero-order valence-electron chi connectivity index (χ0n) is 6.23. The Hall–Kier alpha value is -0.0500. The van der Waals surface area contributed by atoms with Gasteiger partial charge in [0.25, 0.3) is 0 Å². The number of alkyl halides is 1. The van der Waals surface area contributed by atoms with Gasteiger partial charge in [-0.1, -0.05) is 22.4 Å². The molecule has 0 aromatic rings. The molecular weight excluding hydrogens is 202 g/mol. The summed E-state index contributed by atoms with van der Waals surface area (Å²) in [7, 11) is 1.42. The second-order valence-electron chi connectivity index (χ2n) is 2.08. The topological polar surface area (TPSA) is 26.3 Å². The number of ether oxygens (including phenoxy) is 1. The summed E-state index contributed by atoms with van der Waals surface area (Å²) < 4.78 is 4.48. The number of carbonyl (C=O) groups excluding carboxylic acids is 1. The van der Waals surface area contributed by atoms with Gasteiger partial charge in [0.2, 0.25) is 0 Å². The van der Waals surface area contributed by atoms with Crippen LogP contribution in [0.5, 0.6) is 0 Å². The van der Waals surface area contributed by atoms with Gasteiger partial charge in [0, 0.05) is 11.8 Å². The molecule has 0 radical (unpaired) electrons. The van der Waals surface area contributed by atoms with E-state index in [0.29, 0.717) is 6.42 Å². The molecule has 0 bridgehead atoms. The highest BCUT2D eigenvalue weighted by molar-refractivity contribution is 9.09. The monoisotopic (exact) mass is 214 g/mol. The minimum Gasteiger partial charge on any atom is -0.469 e. The second-order valence-corrected chi connectivity index (χ2v) is 2.87. The maximum atomic E-state index is 10.5. The van der Waals surface area contributed by atoms with Crippen molar-refractivity contribution in [1.29, 1.82) is 0 Å². The molecule has 0 aromatic carbocycles. The van der Waals surface area contributed by atoms with Crippen molar-refractivity contribution in [2.75, 3.05) is 12.4 Å². The molecule has 10 heavy (non-hydrogen) atoms. The van der Waals surface area contributed by atoms with E-state index in [0.717, 1.165) is 24.6 Å². The van der Waals surface area contributed by atoms with Crippen molar-refractivity contribution in [2.24, 2.45) is 0 Å². The molecule has 3 heteroatoms. The highest BCUT2D eigenvalue weighted by atomic mass is 79.9. The van der Waals surface area contributed by atoms with Gasteiger partial charge in [-0.2, -0.15) is 0 Å². The van der Waals surface area contributed by atoms with Crippen LogP contribution in [-0.4, -0.2) is 18.4 Å². The fourth-order valence-corrected chi connectivity index (χ4v) is 1.04. The van der Waals surface area contributed by atoms with Crippen molar-refractivity contribution in [3.8, 4) is 0 Å². The third-order valence-corrected chi connectivity index (χ3v) is 1.80. The van der Waals surface area contributed by atoms with Gasteiger partial charge in [0.05, 0.1) is 7.11 Å². The largest absolute Gasteiger partial charge is 0.469 e. The lowest BCUT2D eigenvalue weighted by molar-refractivity contribution is -0.140. The fourth-order valence-electron chi connectivity index (χ4n) is 0.643. The van der Waals surface area contributed by atoms with Crippen molar-refractivity contribution in [3.05, 3.63) is 0 Å². The predicted octanol–water partition coefficient (Wildman–Crippen LogP) is 2.11. The molecule has 0 aromatic heterocycles. The molecule has 0 spiro atoms. The SMILES string of the molecule is CO[13C](=O)[13CH2][13CH2][13CH2][13CH2][13CH2]Br. The lowest BCUT2D eigenvalue weighted by atomic mass is 11.2. The summed E-state index contributed by atoms with van der Waals surface area (Å²) in [4.78, 5) is 10.5. The van der Waals surface area contributed by atoms with Gasteiger partial charge in [-0.3, -0.25) is 4.79 Å². The number of rotatable bonds is 5. The van der Waals surface area contributed by atoms with E-state index in [1.807, 2.05) is 0 Å². The van der Waals surface area contributed by atoms with Gasteiger partial charge in [-0.05, 0) is 12.8 Å². The van der Waals surface area contributed by atoms with Crippen LogP contribution in [-0.2, 0) is 9.53 Å². The Morgan fingerprint density at radius 1 is 1.40 bits per heavy atom. The van der Waals surface area contributed by atoms with Crippen LogP contribution < -0.4 is 0 Å². The number of methoxy groups -OCH3 is 1. The molecule has 2 nitrogen and oxygen atoms in total. The van der Waals surface area contributed by atoms with Crippen LogP contribution in [0.1, 0.15) is 25.7 Å². The van der Waals surface area contributed by atoms with Crippen LogP contribution in [0.15, 0.2) is 0 Å². The zero-order valence-corrected chi connectivity index (χ0v) is 7.82. The number of esters is 1. The highest BCUT2D eigenvalue weighted by Crippen LogP contribution is 2.02. The molecule has 0 unspecified atom stereocenters. The first-order chi connectivity index (χ1) is 4.81. The van der Waals surface area contributed by atoms with Gasteiger partial charge in [0.15, 0.2) is 0 Å². The molecule has 0 amide bonds. The van der Waals surface area contributed by atoms with Gasteiger partial charge in [0.1, 0.15) is 0 Å². The number of carbonyl (C=O) groups is 1. The Bertz CT molecular complexity index is 93.6. The lowest BCUT2D eigenvalue weighted by Gasteiger charge is -1.96. The van der Waals surface area contributed by atoms with E-state index < -0.39 is 0 Å². The zero-order chi connectivity index (χ0) is 7.82. The van der Waals surface area contributed by atoms with Crippen molar-refractivity contribution < 1.29 is 9.53 Å². The van der Waals surface area contributed by atoms with E-state index in [1.54, 1.807) is 0 Å². The van der Waals surface area contributed by atoms with Crippen molar-refractivity contribution >= 4 is 21.9 Å². The third-order valence-electron chi connectivity index (χ3n) is 1.24. The number of unbranched alkanes of at least 4 members (excludes halogenated alkanes) is 2. The standard InChI is InChI=1S/C7H13BrO2/c1-10-7(9)5-3-2-4-6-8/h2-6H2,1H3/i2+1,3+1,4+1,5+1,6+1,7+1. The molecule has 0 fully saturated rings. The van der Waals surface area contributed by atoms with E-state index in [2.05, 4.69) is 20.7 Å². The smallest absolute Gasteiger partial charge is 0.305 e. The van der Waals surface area contributed by atoms with Gasteiger partial charge < -0.3 is 4.74 Å². The summed E-state index contributed by atoms with van der Waals surface area (Å²) >= 11 is 3.32. The van der Waals surface area contributed by atoms with E-state index >= 15 is 0 Å². The van der Waals surface area contributed by atoms with Crippen LogP contribution in [0.25, 0.3) is 0 Å². The Labute approximate surface area is 70.1 Å².